The van der Waals surface area contributed by atoms with Gasteiger partial charge in [0.05, 0.1) is 24.7 Å². The number of benzene rings is 2. The highest BCUT2D eigenvalue weighted by molar-refractivity contribution is 6.04. The summed E-state index contributed by atoms with van der Waals surface area (Å²) in [5.74, 6) is -0.0287. The van der Waals surface area contributed by atoms with Crippen LogP contribution in [0.15, 0.2) is 77.1 Å². The molecule has 2 unspecified atom stereocenters. The van der Waals surface area contributed by atoms with E-state index < -0.39 is 5.92 Å². The summed E-state index contributed by atoms with van der Waals surface area (Å²) in [7, 11) is 0. The summed E-state index contributed by atoms with van der Waals surface area (Å²) in [4.78, 5) is 26.9. The van der Waals surface area contributed by atoms with Crippen LogP contribution in [0.25, 0.3) is 0 Å². The van der Waals surface area contributed by atoms with Crippen molar-refractivity contribution in [2.45, 2.75) is 58.3 Å². The molecule has 0 radical (unpaired) electrons. The number of Topliss-reactive ketones (excluding diaryl/α,β-unsaturated/α-hetero) is 1. The Labute approximate surface area is 201 Å². The molecule has 2 aliphatic rings. The second-order valence-corrected chi connectivity index (χ2v) is 8.95. The molecule has 0 saturated carbocycles. The number of ether oxygens (including phenoxy) is 2. The molecular weight excluding hydrogens is 426 g/mol. The number of hydrogen-bond donors (Lipinski definition) is 1. The summed E-state index contributed by atoms with van der Waals surface area (Å²) in [5.41, 5.74) is 4.77. The maximum Gasteiger partial charge on any atom is 0.336 e. The van der Waals surface area contributed by atoms with E-state index in [1.165, 1.54) is 0 Å². The summed E-state index contributed by atoms with van der Waals surface area (Å²) < 4.78 is 11.6. The number of para-hydroxylation sites is 1. The van der Waals surface area contributed by atoms with Gasteiger partial charge in [0.1, 0.15) is 5.75 Å². The van der Waals surface area contributed by atoms with E-state index in [4.69, 9.17) is 9.47 Å². The predicted octanol–water partition coefficient (Wildman–Crippen LogP) is 5.79. The normalized spacial score (nSPS) is 20.0. The molecule has 1 N–H and O–H groups in total. The highest BCUT2D eigenvalue weighted by Crippen LogP contribution is 2.47. The lowest BCUT2D eigenvalue weighted by atomic mass is 9.71. The second-order valence-electron chi connectivity index (χ2n) is 8.95. The summed E-state index contributed by atoms with van der Waals surface area (Å²) in [6.07, 6.45) is 2.73. The molecule has 0 saturated heterocycles. The Bertz CT molecular complexity index is 1120. The third kappa shape index (κ3) is 4.79. The first-order valence-corrected chi connectivity index (χ1v) is 12.2. The van der Waals surface area contributed by atoms with Crippen molar-refractivity contribution in [2.75, 3.05) is 13.2 Å². The van der Waals surface area contributed by atoms with Gasteiger partial charge in [-0.25, -0.2) is 4.79 Å². The van der Waals surface area contributed by atoms with E-state index in [1.807, 2.05) is 56.3 Å². The lowest BCUT2D eigenvalue weighted by Gasteiger charge is -2.37. The zero-order chi connectivity index (χ0) is 24.1. The zero-order valence-electron chi connectivity index (χ0n) is 20.2. The van der Waals surface area contributed by atoms with Gasteiger partial charge >= 0.3 is 5.97 Å². The third-order valence-electron chi connectivity index (χ3n) is 6.45. The van der Waals surface area contributed by atoms with E-state index in [0.717, 1.165) is 35.4 Å². The average Bonchev–Trinajstić information content (AvgIpc) is 2.85. The maximum atomic E-state index is 13.7. The molecule has 1 aliphatic heterocycles. The lowest BCUT2D eigenvalue weighted by molar-refractivity contribution is -0.139. The highest BCUT2D eigenvalue weighted by atomic mass is 16.5. The van der Waals surface area contributed by atoms with Crippen molar-refractivity contribution >= 4 is 11.8 Å². The van der Waals surface area contributed by atoms with Crippen LogP contribution >= 0.6 is 0 Å². The molecule has 0 bridgehead atoms. The number of dihydropyridines is 1. The number of carbonyl (C=O) groups is 2. The number of allylic oxidation sites excluding steroid dienone is 3. The molecule has 1 heterocycles. The van der Waals surface area contributed by atoms with Gasteiger partial charge in [0.25, 0.3) is 0 Å². The number of hydrogen-bond acceptors (Lipinski definition) is 5. The van der Waals surface area contributed by atoms with Crippen LogP contribution in [0.4, 0.5) is 0 Å². The quantitative estimate of drug-likeness (QED) is 0.506. The molecule has 2 aromatic rings. The minimum atomic E-state index is -0.516. The molecule has 4 rings (SSSR count). The fourth-order valence-corrected chi connectivity index (χ4v) is 4.92. The fourth-order valence-electron chi connectivity index (χ4n) is 4.92. The summed E-state index contributed by atoms with van der Waals surface area (Å²) in [5, 5.41) is 3.42. The van der Waals surface area contributed by atoms with Crippen LogP contribution in [0.5, 0.6) is 5.75 Å². The maximum absolute atomic E-state index is 13.7. The van der Waals surface area contributed by atoms with Crippen molar-refractivity contribution < 1.29 is 19.1 Å². The number of nitrogens with one attached hydrogen (secondary N) is 1. The van der Waals surface area contributed by atoms with Crippen LogP contribution in [0.3, 0.4) is 0 Å². The lowest BCUT2D eigenvalue weighted by Crippen LogP contribution is -2.36. The van der Waals surface area contributed by atoms with Crippen molar-refractivity contribution in [1.82, 2.24) is 5.32 Å². The second kappa shape index (κ2) is 10.7. The summed E-state index contributed by atoms with van der Waals surface area (Å²) in [6, 6.07) is 17.9. The van der Waals surface area contributed by atoms with E-state index in [0.29, 0.717) is 43.0 Å². The zero-order valence-corrected chi connectivity index (χ0v) is 20.2. The molecule has 2 aromatic carbocycles. The smallest absolute Gasteiger partial charge is 0.336 e. The molecule has 34 heavy (non-hydrogen) atoms. The molecule has 5 heteroatoms. The van der Waals surface area contributed by atoms with E-state index in [-0.39, 0.29) is 17.7 Å². The van der Waals surface area contributed by atoms with Gasteiger partial charge < -0.3 is 14.8 Å². The van der Waals surface area contributed by atoms with Crippen LogP contribution in [0.2, 0.25) is 0 Å². The van der Waals surface area contributed by atoms with Gasteiger partial charge in [-0.1, -0.05) is 62.4 Å². The molecule has 5 nitrogen and oxygen atoms in total. The fraction of sp³-hybridized carbons (Fsp3) is 0.379. The Morgan fingerprint density at radius 1 is 0.971 bits per heavy atom. The molecule has 178 valence electrons. The number of rotatable bonds is 8. The van der Waals surface area contributed by atoms with Crippen molar-refractivity contribution in [1.29, 1.82) is 0 Å². The number of esters is 1. The molecule has 0 fully saturated rings. The van der Waals surface area contributed by atoms with Gasteiger partial charge in [-0.3, -0.25) is 4.79 Å². The van der Waals surface area contributed by atoms with Gasteiger partial charge in [0.15, 0.2) is 5.78 Å². The number of ketones is 1. The Morgan fingerprint density at radius 3 is 2.41 bits per heavy atom. The number of carbonyl (C=O) groups excluding carboxylic acids is 2. The molecule has 2 atom stereocenters. The molecular formula is C29H33NO4. The first kappa shape index (κ1) is 23.8. The predicted molar refractivity (Wildman–Crippen MR) is 133 cm³/mol. The standard InChI is InChI=1S/C29H33NO4/c1-4-15-33-25-14-10-9-13-22(25)27-26(29(32)34-16-5-2)19(3)30-23-17-21(18-24(31)28(23)27)20-11-7-6-8-12-20/h6-14,21,27,30H,4-5,15-18H2,1-3H3. The van der Waals surface area contributed by atoms with Crippen LogP contribution < -0.4 is 10.1 Å². The first-order chi connectivity index (χ1) is 16.5. The minimum Gasteiger partial charge on any atom is -0.493 e. The first-order valence-electron chi connectivity index (χ1n) is 12.2. The van der Waals surface area contributed by atoms with E-state index in [1.54, 1.807) is 0 Å². The summed E-state index contributed by atoms with van der Waals surface area (Å²) >= 11 is 0. The van der Waals surface area contributed by atoms with Crippen LogP contribution in [-0.4, -0.2) is 25.0 Å². The molecule has 0 aromatic heterocycles. The topological polar surface area (TPSA) is 64.6 Å². The Kier molecular flexibility index (Phi) is 7.51. The minimum absolute atomic E-state index is 0.0613. The van der Waals surface area contributed by atoms with E-state index in [9.17, 15) is 9.59 Å². The van der Waals surface area contributed by atoms with Crippen molar-refractivity contribution in [2.24, 2.45) is 0 Å². The van der Waals surface area contributed by atoms with Gasteiger partial charge in [-0.05, 0) is 43.7 Å². The highest BCUT2D eigenvalue weighted by Gasteiger charge is 2.42. The van der Waals surface area contributed by atoms with Gasteiger partial charge in [-0.2, -0.15) is 0 Å². The van der Waals surface area contributed by atoms with Crippen LogP contribution in [-0.2, 0) is 14.3 Å². The van der Waals surface area contributed by atoms with Crippen molar-refractivity contribution in [3.8, 4) is 5.75 Å². The largest absolute Gasteiger partial charge is 0.493 e. The van der Waals surface area contributed by atoms with Crippen LogP contribution in [0.1, 0.15) is 69.4 Å². The van der Waals surface area contributed by atoms with Gasteiger partial charge in [0.2, 0.25) is 0 Å². The van der Waals surface area contributed by atoms with Gasteiger partial charge in [-0.15, -0.1) is 0 Å². The van der Waals surface area contributed by atoms with Crippen molar-refractivity contribution in [3.05, 3.63) is 88.3 Å². The third-order valence-corrected chi connectivity index (χ3v) is 6.45. The average molecular weight is 460 g/mol. The molecule has 0 spiro atoms. The monoisotopic (exact) mass is 459 g/mol. The molecule has 0 amide bonds. The van der Waals surface area contributed by atoms with Crippen molar-refractivity contribution in [3.63, 3.8) is 0 Å². The van der Waals surface area contributed by atoms with Crippen LogP contribution in [0, 0.1) is 0 Å². The van der Waals surface area contributed by atoms with E-state index in [2.05, 4.69) is 24.4 Å². The Balaban J connectivity index is 1.81. The SMILES string of the molecule is CCCOC(=O)C1=C(C)NC2=C(C(=O)CC(c3ccccc3)C2)C1c1ccccc1OCCC. The Morgan fingerprint density at radius 2 is 1.68 bits per heavy atom. The van der Waals surface area contributed by atoms with E-state index >= 15 is 0 Å². The Hall–Kier alpha value is -3.34. The summed E-state index contributed by atoms with van der Waals surface area (Å²) in [6.45, 7) is 6.82. The molecule has 1 aliphatic carbocycles. The van der Waals surface area contributed by atoms with Gasteiger partial charge in [0, 0.05) is 29.0 Å².